The van der Waals surface area contributed by atoms with E-state index in [-0.39, 0.29) is 18.6 Å². The number of aromatic amines is 1. The van der Waals surface area contributed by atoms with Gasteiger partial charge < -0.3 is 14.8 Å². The number of thiophene rings is 1. The van der Waals surface area contributed by atoms with E-state index in [1.165, 1.54) is 0 Å². The summed E-state index contributed by atoms with van der Waals surface area (Å²) in [6.07, 6.45) is 2.21. The van der Waals surface area contributed by atoms with Gasteiger partial charge in [-0.15, -0.1) is 11.3 Å². The Morgan fingerprint density at radius 2 is 2.55 bits per heavy atom. The van der Waals surface area contributed by atoms with Crippen molar-refractivity contribution in [1.82, 2.24) is 20.5 Å². The van der Waals surface area contributed by atoms with E-state index in [0.29, 0.717) is 24.8 Å². The number of carbonyl (C=O) groups is 1. The molecule has 0 spiro atoms. The smallest absolute Gasteiger partial charge is 0.246 e. The first-order chi connectivity index (χ1) is 10.8. The fourth-order valence-electron chi connectivity index (χ4n) is 2.18. The van der Waals surface area contributed by atoms with Crippen LogP contribution in [0.15, 0.2) is 17.5 Å². The maximum absolute atomic E-state index is 11.7. The fraction of sp³-hybridized carbons (Fsp3) is 0.500. The predicted molar refractivity (Wildman–Crippen MR) is 81.3 cm³/mol. The first-order valence-electron chi connectivity index (χ1n) is 7.22. The maximum Gasteiger partial charge on any atom is 0.246 e. The second-order valence-electron chi connectivity index (χ2n) is 5.01. The van der Waals surface area contributed by atoms with Crippen LogP contribution < -0.4 is 5.32 Å². The van der Waals surface area contributed by atoms with Crippen molar-refractivity contribution in [3.8, 4) is 10.7 Å². The topological polar surface area (TPSA) is 89.1 Å². The minimum Gasteiger partial charge on any atom is -0.376 e. The molecule has 1 atom stereocenters. The van der Waals surface area contributed by atoms with Gasteiger partial charge in [0.15, 0.2) is 5.82 Å². The summed E-state index contributed by atoms with van der Waals surface area (Å²) in [5.74, 6) is 1.09. The summed E-state index contributed by atoms with van der Waals surface area (Å²) in [7, 11) is 0. The van der Waals surface area contributed by atoms with Crippen LogP contribution >= 0.6 is 11.3 Å². The van der Waals surface area contributed by atoms with E-state index in [1.807, 2.05) is 17.5 Å². The lowest BCUT2D eigenvalue weighted by molar-refractivity contribution is -0.127. The summed E-state index contributed by atoms with van der Waals surface area (Å²) >= 11 is 1.57. The third-order valence-corrected chi connectivity index (χ3v) is 4.15. The fourth-order valence-corrected chi connectivity index (χ4v) is 2.84. The number of nitrogens with one attached hydrogen (secondary N) is 2. The molecule has 1 aliphatic rings. The molecular formula is C14H18N4O3S. The Balaban J connectivity index is 1.37. The Kier molecular flexibility index (Phi) is 5.15. The molecule has 3 heterocycles. The van der Waals surface area contributed by atoms with Crippen molar-refractivity contribution in [3.05, 3.63) is 23.3 Å². The Labute approximate surface area is 132 Å². The van der Waals surface area contributed by atoms with Gasteiger partial charge in [0.25, 0.3) is 0 Å². The van der Waals surface area contributed by atoms with Gasteiger partial charge in [-0.25, -0.2) is 4.98 Å². The van der Waals surface area contributed by atoms with Crippen LogP contribution in [0, 0.1) is 0 Å². The second-order valence-corrected chi connectivity index (χ2v) is 5.96. The van der Waals surface area contributed by atoms with Crippen LogP contribution in [0.1, 0.15) is 18.7 Å². The zero-order valence-corrected chi connectivity index (χ0v) is 12.9. The summed E-state index contributed by atoms with van der Waals surface area (Å²) in [4.78, 5) is 17.0. The van der Waals surface area contributed by atoms with E-state index < -0.39 is 0 Å². The van der Waals surface area contributed by atoms with E-state index in [9.17, 15) is 4.79 Å². The molecule has 0 aliphatic carbocycles. The summed E-state index contributed by atoms with van der Waals surface area (Å²) in [5, 5.41) is 11.7. The van der Waals surface area contributed by atoms with Crippen LogP contribution in [0.2, 0.25) is 0 Å². The number of carbonyl (C=O) groups excluding carboxylic acids is 1. The summed E-state index contributed by atoms with van der Waals surface area (Å²) in [6.45, 7) is 1.60. The molecule has 3 rings (SSSR count). The molecule has 22 heavy (non-hydrogen) atoms. The van der Waals surface area contributed by atoms with Crippen molar-refractivity contribution in [1.29, 1.82) is 0 Å². The van der Waals surface area contributed by atoms with E-state index in [4.69, 9.17) is 9.47 Å². The minimum atomic E-state index is -0.174. The standard InChI is InChI=1S/C14H18N4O3S/c19-13(9-20-8-10-3-1-5-21-10)15-7-12-16-14(18-17-12)11-4-2-6-22-11/h2,4,6,10H,1,3,5,7-9H2,(H,15,19)(H,16,17,18)/t10-/m1/s1. The van der Waals surface area contributed by atoms with Gasteiger partial charge in [-0.05, 0) is 24.3 Å². The molecule has 2 aromatic heterocycles. The third kappa shape index (κ3) is 4.12. The number of nitrogens with zero attached hydrogens (tertiary/aromatic N) is 2. The zero-order chi connectivity index (χ0) is 15.2. The molecule has 1 saturated heterocycles. The van der Waals surface area contributed by atoms with Crippen molar-refractivity contribution in [2.75, 3.05) is 19.8 Å². The van der Waals surface area contributed by atoms with Gasteiger partial charge in [-0.1, -0.05) is 6.07 Å². The molecular weight excluding hydrogens is 304 g/mol. The molecule has 1 fully saturated rings. The Bertz CT molecular complexity index is 593. The van der Waals surface area contributed by atoms with Gasteiger partial charge in [0.2, 0.25) is 5.91 Å². The molecule has 8 heteroatoms. The van der Waals surface area contributed by atoms with Gasteiger partial charge in [-0.2, -0.15) is 5.10 Å². The molecule has 2 N–H and O–H groups in total. The maximum atomic E-state index is 11.7. The monoisotopic (exact) mass is 322 g/mol. The Morgan fingerprint density at radius 1 is 1.59 bits per heavy atom. The molecule has 118 valence electrons. The van der Waals surface area contributed by atoms with Crippen LogP contribution in [-0.2, 0) is 20.8 Å². The van der Waals surface area contributed by atoms with Crippen LogP contribution in [0.5, 0.6) is 0 Å². The van der Waals surface area contributed by atoms with Crippen molar-refractivity contribution in [2.45, 2.75) is 25.5 Å². The quantitative estimate of drug-likeness (QED) is 0.803. The normalized spacial score (nSPS) is 17.7. The highest BCUT2D eigenvalue weighted by molar-refractivity contribution is 7.13. The number of ether oxygens (including phenoxy) is 2. The lowest BCUT2D eigenvalue weighted by Crippen LogP contribution is -2.29. The highest BCUT2D eigenvalue weighted by atomic mass is 32.1. The van der Waals surface area contributed by atoms with Crippen molar-refractivity contribution in [3.63, 3.8) is 0 Å². The average molecular weight is 322 g/mol. The van der Waals surface area contributed by atoms with E-state index >= 15 is 0 Å². The van der Waals surface area contributed by atoms with Crippen molar-refractivity contribution >= 4 is 17.2 Å². The second kappa shape index (κ2) is 7.48. The van der Waals surface area contributed by atoms with Gasteiger partial charge in [0.1, 0.15) is 12.4 Å². The summed E-state index contributed by atoms with van der Waals surface area (Å²) in [5.41, 5.74) is 0. The first-order valence-corrected chi connectivity index (χ1v) is 8.10. The number of hydrogen-bond donors (Lipinski definition) is 2. The van der Waals surface area contributed by atoms with Gasteiger partial charge in [-0.3, -0.25) is 9.89 Å². The van der Waals surface area contributed by atoms with Crippen LogP contribution in [0.25, 0.3) is 10.7 Å². The molecule has 7 nitrogen and oxygen atoms in total. The Hall–Kier alpha value is -1.77. The van der Waals surface area contributed by atoms with Crippen LogP contribution in [-0.4, -0.2) is 47.0 Å². The highest BCUT2D eigenvalue weighted by Crippen LogP contribution is 2.20. The minimum absolute atomic E-state index is 0.0335. The highest BCUT2D eigenvalue weighted by Gasteiger charge is 2.16. The molecule has 0 unspecified atom stereocenters. The van der Waals surface area contributed by atoms with E-state index in [0.717, 1.165) is 24.3 Å². The zero-order valence-electron chi connectivity index (χ0n) is 12.1. The number of amides is 1. The molecule has 0 radical (unpaired) electrons. The number of rotatable bonds is 7. The van der Waals surface area contributed by atoms with E-state index in [1.54, 1.807) is 11.3 Å². The molecule has 0 aromatic carbocycles. The SMILES string of the molecule is O=C(COC[C@H]1CCCO1)NCc1nc(-c2cccs2)n[nH]1. The third-order valence-electron chi connectivity index (χ3n) is 3.29. The number of H-pyrrole nitrogens is 1. The molecule has 0 saturated carbocycles. The number of aromatic nitrogens is 3. The number of hydrogen-bond acceptors (Lipinski definition) is 6. The first kappa shape index (κ1) is 15.1. The molecule has 1 amide bonds. The molecule has 1 aliphatic heterocycles. The van der Waals surface area contributed by atoms with Gasteiger partial charge >= 0.3 is 0 Å². The largest absolute Gasteiger partial charge is 0.376 e. The lowest BCUT2D eigenvalue weighted by Gasteiger charge is -2.09. The Morgan fingerprint density at radius 3 is 3.32 bits per heavy atom. The molecule has 2 aromatic rings. The average Bonchev–Trinajstić information content (AvgIpc) is 3.26. The van der Waals surface area contributed by atoms with Crippen molar-refractivity contribution < 1.29 is 14.3 Å². The predicted octanol–water partition coefficient (Wildman–Crippen LogP) is 1.34. The lowest BCUT2D eigenvalue weighted by atomic mass is 10.2. The van der Waals surface area contributed by atoms with Crippen LogP contribution in [0.4, 0.5) is 0 Å². The van der Waals surface area contributed by atoms with Gasteiger partial charge in [0.05, 0.1) is 24.1 Å². The van der Waals surface area contributed by atoms with Crippen molar-refractivity contribution in [2.24, 2.45) is 0 Å². The van der Waals surface area contributed by atoms with E-state index in [2.05, 4.69) is 20.5 Å². The molecule has 0 bridgehead atoms. The summed E-state index contributed by atoms with van der Waals surface area (Å²) < 4.78 is 10.8. The van der Waals surface area contributed by atoms with Gasteiger partial charge in [0, 0.05) is 6.61 Å². The van der Waals surface area contributed by atoms with Crippen LogP contribution in [0.3, 0.4) is 0 Å². The summed E-state index contributed by atoms with van der Waals surface area (Å²) in [6, 6.07) is 3.90.